The molecule has 1 amide bonds. The monoisotopic (exact) mass is 259 g/mol. The smallest absolute Gasteiger partial charge is 0.227 e. The van der Waals surface area contributed by atoms with Gasteiger partial charge >= 0.3 is 0 Å². The maximum absolute atomic E-state index is 11.9. The lowest BCUT2D eigenvalue weighted by atomic mass is 10.1. The van der Waals surface area contributed by atoms with E-state index in [9.17, 15) is 4.79 Å². The van der Waals surface area contributed by atoms with Gasteiger partial charge in [0.15, 0.2) is 0 Å². The molecule has 0 aliphatic carbocycles. The highest BCUT2D eigenvalue weighted by molar-refractivity contribution is 5.95. The van der Waals surface area contributed by atoms with Gasteiger partial charge in [-0.1, -0.05) is 6.08 Å². The fourth-order valence-corrected chi connectivity index (χ4v) is 2.42. The number of hydrogen-bond donors (Lipinski definition) is 0. The highest BCUT2D eigenvalue weighted by Crippen LogP contribution is 2.26. The molecule has 4 heteroatoms. The van der Waals surface area contributed by atoms with Crippen molar-refractivity contribution in [3.63, 3.8) is 0 Å². The second kappa shape index (κ2) is 5.87. The van der Waals surface area contributed by atoms with E-state index in [0.29, 0.717) is 13.0 Å². The molecular weight excluding hydrogens is 238 g/mol. The van der Waals surface area contributed by atoms with E-state index >= 15 is 0 Å². The highest BCUT2D eigenvalue weighted by atomic mass is 16.2. The SMILES string of the molecule is C=CC1CC(=O)N(c2ccc(N(CC)CC)nc2)C1. The molecule has 1 aliphatic heterocycles. The van der Waals surface area contributed by atoms with Crippen molar-refractivity contribution in [3.8, 4) is 0 Å². The molecule has 1 aromatic heterocycles. The lowest BCUT2D eigenvalue weighted by Gasteiger charge is -2.21. The van der Waals surface area contributed by atoms with E-state index in [0.717, 1.165) is 24.6 Å². The Labute approximate surface area is 114 Å². The number of anilines is 2. The summed E-state index contributed by atoms with van der Waals surface area (Å²) in [5.41, 5.74) is 0.880. The van der Waals surface area contributed by atoms with E-state index in [-0.39, 0.29) is 11.8 Å². The molecule has 2 rings (SSSR count). The Bertz CT molecular complexity index is 451. The third kappa shape index (κ3) is 2.78. The minimum atomic E-state index is 0.155. The van der Waals surface area contributed by atoms with Crippen molar-refractivity contribution < 1.29 is 4.79 Å². The van der Waals surface area contributed by atoms with Gasteiger partial charge in [-0.15, -0.1) is 6.58 Å². The van der Waals surface area contributed by atoms with Gasteiger partial charge in [-0.2, -0.15) is 0 Å². The lowest BCUT2D eigenvalue weighted by molar-refractivity contribution is -0.117. The average Bonchev–Trinajstić information content (AvgIpc) is 2.82. The summed E-state index contributed by atoms with van der Waals surface area (Å²) in [4.78, 5) is 20.4. The molecule has 1 aliphatic rings. The van der Waals surface area contributed by atoms with Gasteiger partial charge in [0, 0.05) is 32.0 Å². The van der Waals surface area contributed by atoms with E-state index < -0.39 is 0 Å². The molecule has 102 valence electrons. The third-order valence-electron chi connectivity index (χ3n) is 3.62. The highest BCUT2D eigenvalue weighted by Gasteiger charge is 2.28. The molecule has 4 nitrogen and oxygen atoms in total. The molecule has 0 saturated carbocycles. The maximum Gasteiger partial charge on any atom is 0.227 e. The van der Waals surface area contributed by atoms with E-state index in [1.807, 2.05) is 18.2 Å². The van der Waals surface area contributed by atoms with Crippen LogP contribution in [0.1, 0.15) is 20.3 Å². The molecule has 19 heavy (non-hydrogen) atoms. The van der Waals surface area contributed by atoms with Gasteiger partial charge in [0.25, 0.3) is 0 Å². The number of hydrogen-bond acceptors (Lipinski definition) is 3. The van der Waals surface area contributed by atoms with Crippen molar-refractivity contribution in [1.29, 1.82) is 0 Å². The number of nitrogens with zero attached hydrogens (tertiary/aromatic N) is 3. The number of carbonyl (C=O) groups is 1. The van der Waals surface area contributed by atoms with E-state index in [1.54, 1.807) is 11.1 Å². The molecule has 1 aromatic rings. The van der Waals surface area contributed by atoms with Crippen LogP contribution in [0.4, 0.5) is 11.5 Å². The molecular formula is C15H21N3O. The van der Waals surface area contributed by atoms with Crippen molar-refractivity contribution in [3.05, 3.63) is 31.0 Å². The van der Waals surface area contributed by atoms with Gasteiger partial charge in [-0.05, 0) is 26.0 Å². The molecule has 0 bridgehead atoms. The first-order valence-corrected chi connectivity index (χ1v) is 6.83. The summed E-state index contributed by atoms with van der Waals surface area (Å²) >= 11 is 0. The number of carbonyl (C=O) groups excluding carboxylic acids is 1. The normalized spacial score (nSPS) is 18.7. The zero-order valence-corrected chi connectivity index (χ0v) is 11.7. The summed E-state index contributed by atoms with van der Waals surface area (Å²) in [6.45, 7) is 10.6. The van der Waals surface area contributed by atoms with Crippen LogP contribution >= 0.6 is 0 Å². The van der Waals surface area contributed by atoms with Crippen molar-refractivity contribution >= 4 is 17.4 Å². The Morgan fingerprint density at radius 1 is 1.47 bits per heavy atom. The zero-order chi connectivity index (χ0) is 13.8. The van der Waals surface area contributed by atoms with Crippen LogP contribution in [0.5, 0.6) is 0 Å². The van der Waals surface area contributed by atoms with Crippen LogP contribution < -0.4 is 9.80 Å². The predicted molar refractivity (Wildman–Crippen MR) is 78.5 cm³/mol. The summed E-state index contributed by atoms with van der Waals surface area (Å²) in [6, 6.07) is 3.96. The van der Waals surface area contributed by atoms with Crippen LogP contribution in [0, 0.1) is 5.92 Å². The predicted octanol–water partition coefficient (Wildman–Crippen LogP) is 2.47. The van der Waals surface area contributed by atoms with Crippen LogP contribution in [-0.4, -0.2) is 30.5 Å². The summed E-state index contributed by atoms with van der Waals surface area (Å²) in [5.74, 6) is 1.37. The third-order valence-corrected chi connectivity index (χ3v) is 3.62. The van der Waals surface area contributed by atoms with E-state index in [1.165, 1.54) is 0 Å². The van der Waals surface area contributed by atoms with Crippen molar-refractivity contribution in [2.24, 2.45) is 5.92 Å². The quantitative estimate of drug-likeness (QED) is 0.762. The minimum Gasteiger partial charge on any atom is -0.357 e. The van der Waals surface area contributed by atoms with Crippen LogP contribution in [0.25, 0.3) is 0 Å². The number of aromatic nitrogens is 1. The second-order valence-electron chi connectivity index (χ2n) is 4.75. The molecule has 2 heterocycles. The molecule has 0 N–H and O–H groups in total. The fourth-order valence-electron chi connectivity index (χ4n) is 2.42. The van der Waals surface area contributed by atoms with E-state index in [2.05, 4.69) is 30.3 Å². The Balaban J connectivity index is 2.14. The fraction of sp³-hybridized carbons (Fsp3) is 0.467. The van der Waals surface area contributed by atoms with Gasteiger partial charge in [-0.3, -0.25) is 4.79 Å². The van der Waals surface area contributed by atoms with Gasteiger partial charge in [0.1, 0.15) is 5.82 Å². The van der Waals surface area contributed by atoms with Gasteiger partial charge in [0.05, 0.1) is 11.9 Å². The van der Waals surface area contributed by atoms with Gasteiger partial charge in [-0.25, -0.2) is 4.98 Å². The molecule has 1 atom stereocenters. The van der Waals surface area contributed by atoms with Crippen molar-refractivity contribution in [2.75, 3.05) is 29.4 Å². The van der Waals surface area contributed by atoms with Crippen molar-refractivity contribution in [2.45, 2.75) is 20.3 Å². The first kappa shape index (κ1) is 13.6. The summed E-state index contributed by atoms with van der Waals surface area (Å²) in [6.07, 6.45) is 4.20. The standard InChI is InChI=1S/C15H21N3O/c1-4-12-9-15(19)18(11-12)13-7-8-14(16-10-13)17(5-2)6-3/h4,7-8,10,12H,1,5-6,9,11H2,2-3H3. The lowest BCUT2D eigenvalue weighted by Crippen LogP contribution is -2.25. The van der Waals surface area contributed by atoms with Crippen LogP contribution in [0.15, 0.2) is 31.0 Å². The van der Waals surface area contributed by atoms with Gasteiger partial charge in [0.2, 0.25) is 5.91 Å². The summed E-state index contributed by atoms with van der Waals surface area (Å²) in [5, 5.41) is 0. The first-order chi connectivity index (χ1) is 9.19. The topological polar surface area (TPSA) is 36.4 Å². The van der Waals surface area contributed by atoms with Crippen LogP contribution in [0.2, 0.25) is 0 Å². The molecule has 0 aromatic carbocycles. The Kier molecular flexibility index (Phi) is 4.20. The second-order valence-corrected chi connectivity index (χ2v) is 4.75. The zero-order valence-electron chi connectivity index (χ0n) is 11.7. The average molecular weight is 259 g/mol. The Morgan fingerprint density at radius 2 is 2.21 bits per heavy atom. The Morgan fingerprint density at radius 3 is 2.68 bits per heavy atom. The maximum atomic E-state index is 11.9. The first-order valence-electron chi connectivity index (χ1n) is 6.83. The molecule has 1 unspecified atom stereocenters. The summed E-state index contributed by atoms with van der Waals surface area (Å²) < 4.78 is 0. The van der Waals surface area contributed by atoms with Crippen molar-refractivity contribution in [1.82, 2.24) is 4.98 Å². The van der Waals surface area contributed by atoms with Crippen LogP contribution in [-0.2, 0) is 4.79 Å². The number of amides is 1. The molecule has 1 saturated heterocycles. The molecule has 0 spiro atoms. The van der Waals surface area contributed by atoms with Gasteiger partial charge < -0.3 is 9.80 Å². The van der Waals surface area contributed by atoms with E-state index in [4.69, 9.17) is 0 Å². The Hall–Kier alpha value is -1.84. The minimum absolute atomic E-state index is 0.155. The molecule has 0 radical (unpaired) electrons. The number of rotatable bonds is 5. The number of pyridine rings is 1. The largest absolute Gasteiger partial charge is 0.357 e. The summed E-state index contributed by atoms with van der Waals surface area (Å²) in [7, 11) is 0. The van der Waals surface area contributed by atoms with Crippen LogP contribution in [0.3, 0.4) is 0 Å². The molecule has 1 fully saturated rings.